The fraction of sp³-hybridized carbons (Fsp3) is 0.615. The second-order valence-electron chi connectivity index (χ2n) is 5.42. The molecule has 0 amide bonds. The second kappa shape index (κ2) is 4.92. The molecular formula is C13H22N4. The fourth-order valence-electron chi connectivity index (χ4n) is 2.19. The van der Waals surface area contributed by atoms with Gasteiger partial charge in [0.1, 0.15) is 11.6 Å². The normalized spacial score (nSPS) is 20.1. The first-order valence-corrected chi connectivity index (χ1v) is 6.22. The van der Waals surface area contributed by atoms with Crippen LogP contribution in [0.2, 0.25) is 0 Å². The van der Waals surface area contributed by atoms with Gasteiger partial charge in [0.15, 0.2) is 0 Å². The van der Waals surface area contributed by atoms with Crippen molar-refractivity contribution in [3.8, 4) is 0 Å². The van der Waals surface area contributed by atoms with Crippen molar-refractivity contribution in [1.82, 2.24) is 9.88 Å². The fourth-order valence-corrected chi connectivity index (χ4v) is 2.19. The predicted molar refractivity (Wildman–Crippen MR) is 72.0 cm³/mol. The SMILES string of the molecule is CN1CCC(C)(CNc2cccc(N)n2)CC1. The number of likely N-dealkylation sites (tertiary alicyclic amines) is 1. The summed E-state index contributed by atoms with van der Waals surface area (Å²) in [6.45, 7) is 5.68. The molecule has 1 fully saturated rings. The summed E-state index contributed by atoms with van der Waals surface area (Å²) in [5, 5.41) is 3.40. The summed E-state index contributed by atoms with van der Waals surface area (Å²) < 4.78 is 0. The molecule has 0 spiro atoms. The Kier molecular flexibility index (Phi) is 3.52. The smallest absolute Gasteiger partial charge is 0.128 e. The maximum atomic E-state index is 5.66. The summed E-state index contributed by atoms with van der Waals surface area (Å²) >= 11 is 0. The zero-order chi connectivity index (χ0) is 12.3. The minimum Gasteiger partial charge on any atom is -0.384 e. The van der Waals surface area contributed by atoms with E-state index in [2.05, 4.69) is 29.2 Å². The number of nitrogens with two attached hydrogens (primary N) is 1. The third-order valence-electron chi connectivity index (χ3n) is 3.66. The van der Waals surface area contributed by atoms with Crippen LogP contribution in [-0.4, -0.2) is 36.6 Å². The molecule has 1 saturated heterocycles. The first kappa shape index (κ1) is 12.2. The predicted octanol–water partition coefficient (Wildman–Crippen LogP) is 1.81. The molecular weight excluding hydrogens is 212 g/mol. The van der Waals surface area contributed by atoms with Gasteiger partial charge in [0, 0.05) is 6.54 Å². The molecule has 17 heavy (non-hydrogen) atoms. The molecule has 94 valence electrons. The Hall–Kier alpha value is -1.29. The molecule has 2 heterocycles. The van der Waals surface area contributed by atoms with Crippen molar-refractivity contribution < 1.29 is 0 Å². The van der Waals surface area contributed by atoms with Crippen LogP contribution in [0.4, 0.5) is 11.6 Å². The Morgan fingerprint density at radius 3 is 2.76 bits per heavy atom. The van der Waals surface area contributed by atoms with Crippen molar-refractivity contribution >= 4 is 11.6 Å². The van der Waals surface area contributed by atoms with E-state index < -0.39 is 0 Å². The Morgan fingerprint density at radius 2 is 2.12 bits per heavy atom. The standard InChI is InChI=1S/C13H22N4/c1-13(6-8-17(2)9-7-13)10-15-12-5-3-4-11(14)16-12/h3-5H,6-10H2,1-2H3,(H3,14,15,16). The molecule has 0 bridgehead atoms. The van der Waals surface area contributed by atoms with E-state index in [1.54, 1.807) is 0 Å². The van der Waals surface area contributed by atoms with Crippen LogP contribution in [-0.2, 0) is 0 Å². The van der Waals surface area contributed by atoms with Gasteiger partial charge >= 0.3 is 0 Å². The molecule has 0 radical (unpaired) electrons. The zero-order valence-corrected chi connectivity index (χ0v) is 10.7. The Labute approximate surface area is 103 Å². The van der Waals surface area contributed by atoms with Gasteiger partial charge in [0.05, 0.1) is 0 Å². The van der Waals surface area contributed by atoms with Gasteiger partial charge in [-0.25, -0.2) is 4.98 Å². The molecule has 0 atom stereocenters. The van der Waals surface area contributed by atoms with E-state index in [0.29, 0.717) is 11.2 Å². The highest BCUT2D eigenvalue weighted by atomic mass is 15.1. The number of rotatable bonds is 3. The van der Waals surface area contributed by atoms with E-state index in [4.69, 9.17) is 5.73 Å². The van der Waals surface area contributed by atoms with Crippen molar-refractivity contribution in [1.29, 1.82) is 0 Å². The van der Waals surface area contributed by atoms with Crippen molar-refractivity contribution in [3.63, 3.8) is 0 Å². The lowest BCUT2D eigenvalue weighted by Crippen LogP contribution is -2.40. The lowest BCUT2D eigenvalue weighted by atomic mass is 9.80. The molecule has 1 aliphatic heterocycles. The summed E-state index contributed by atoms with van der Waals surface area (Å²) in [5.41, 5.74) is 6.03. The number of piperidine rings is 1. The van der Waals surface area contributed by atoms with Crippen molar-refractivity contribution in [2.24, 2.45) is 5.41 Å². The first-order chi connectivity index (χ1) is 8.07. The number of pyridine rings is 1. The summed E-state index contributed by atoms with van der Waals surface area (Å²) in [4.78, 5) is 6.65. The largest absolute Gasteiger partial charge is 0.384 e. The number of aromatic nitrogens is 1. The van der Waals surface area contributed by atoms with Gasteiger partial charge in [-0.3, -0.25) is 0 Å². The monoisotopic (exact) mass is 234 g/mol. The van der Waals surface area contributed by atoms with Crippen LogP contribution in [0.25, 0.3) is 0 Å². The number of nitrogens with one attached hydrogen (secondary N) is 1. The maximum absolute atomic E-state index is 5.66. The minimum atomic E-state index is 0.374. The summed E-state index contributed by atoms with van der Waals surface area (Å²) in [7, 11) is 2.19. The van der Waals surface area contributed by atoms with Crippen LogP contribution in [0.1, 0.15) is 19.8 Å². The Morgan fingerprint density at radius 1 is 1.41 bits per heavy atom. The highest BCUT2D eigenvalue weighted by Crippen LogP contribution is 2.30. The molecule has 2 rings (SSSR count). The topological polar surface area (TPSA) is 54.2 Å². The molecule has 3 N–H and O–H groups in total. The molecule has 0 aliphatic carbocycles. The van der Waals surface area contributed by atoms with E-state index in [0.717, 1.165) is 12.4 Å². The second-order valence-corrected chi connectivity index (χ2v) is 5.42. The van der Waals surface area contributed by atoms with Gasteiger partial charge in [-0.2, -0.15) is 0 Å². The Bertz CT molecular complexity index is 369. The first-order valence-electron chi connectivity index (χ1n) is 6.22. The van der Waals surface area contributed by atoms with Gasteiger partial charge in [0.2, 0.25) is 0 Å². The lowest BCUT2D eigenvalue weighted by Gasteiger charge is -2.38. The van der Waals surface area contributed by atoms with E-state index in [9.17, 15) is 0 Å². The third-order valence-corrected chi connectivity index (χ3v) is 3.66. The van der Waals surface area contributed by atoms with E-state index in [-0.39, 0.29) is 0 Å². The number of nitrogen functional groups attached to an aromatic ring is 1. The van der Waals surface area contributed by atoms with Crippen molar-refractivity contribution in [2.45, 2.75) is 19.8 Å². The average Bonchev–Trinajstić information content (AvgIpc) is 2.31. The summed E-state index contributed by atoms with van der Waals surface area (Å²) in [6.07, 6.45) is 2.47. The number of hydrogen-bond donors (Lipinski definition) is 2. The van der Waals surface area contributed by atoms with E-state index >= 15 is 0 Å². The van der Waals surface area contributed by atoms with Crippen LogP contribution in [0, 0.1) is 5.41 Å². The molecule has 0 aromatic carbocycles. The molecule has 4 nitrogen and oxygen atoms in total. The Balaban J connectivity index is 1.89. The van der Waals surface area contributed by atoms with Crippen LogP contribution in [0.15, 0.2) is 18.2 Å². The number of nitrogens with zero attached hydrogens (tertiary/aromatic N) is 2. The molecule has 1 aromatic heterocycles. The van der Waals surface area contributed by atoms with E-state index in [1.807, 2.05) is 18.2 Å². The molecule has 1 aromatic rings. The van der Waals surface area contributed by atoms with Crippen LogP contribution in [0.3, 0.4) is 0 Å². The molecule has 0 saturated carbocycles. The minimum absolute atomic E-state index is 0.374. The molecule has 0 unspecified atom stereocenters. The van der Waals surface area contributed by atoms with Gasteiger partial charge in [-0.1, -0.05) is 13.0 Å². The highest BCUT2D eigenvalue weighted by Gasteiger charge is 2.28. The zero-order valence-electron chi connectivity index (χ0n) is 10.7. The van der Waals surface area contributed by atoms with Crippen molar-refractivity contribution in [3.05, 3.63) is 18.2 Å². The van der Waals surface area contributed by atoms with Gasteiger partial charge < -0.3 is 16.0 Å². The molecule has 1 aliphatic rings. The summed E-state index contributed by atoms with van der Waals surface area (Å²) in [6, 6.07) is 5.71. The van der Waals surface area contributed by atoms with E-state index in [1.165, 1.54) is 25.9 Å². The third kappa shape index (κ3) is 3.33. The number of hydrogen-bond acceptors (Lipinski definition) is 4. The van der Waals surface area contributed by atoms with Crippen LogP contribution < -0.4 is 11.1 Å². The van der Waals surface area contributed by atoms with Gasteiger partial charge in [-0.15, -0.1) is 0 Å². The average molecular weight is 234 g/mol. The highest BCUT2D eigenvalue weighted by molar-refractivity contribution is 5.42. The number of anilines is 2. The van der Waals surface area contributed by atoms with Crippen molar-refractivity contribution in [2.75, 3.05) is 37.7 Å². The summed E-state index contributed by atoms with van der Waals surface area (Å²) in [5.74, 6) is 1.45. The molecule has 4 heteroatoms. The quantitative estimate of drug-likeness (QED) is 0.837. The van der Waals surface area contributed by atoms with Crippen LogP contribution in [0.5, 0.6) is 0 Å². The maximum Gasteiger partial charge on any atom is 0.128 e. The van der Waals surface area contributed by atoms with Gasteiger partial charge in [-0.05, 0) is 50.5 Å². The van der Waals surface area contributed by atoms with Crippen LogP contribution >= 0.6 is 0 Å². The lowest BCUT2D eigenvalue weighted by molar-refractivity contribution is 0.150. The van der Waals surface area contributed by atoms with Gasteiger partial charge in [0.25, 0.3) is 0 Å².